The predicted octanol–water partition coefficient (Wildman–Crippen LogP) is 1.34. The minimum absolute atomic E-state index is 0.0206. The Morgan fingerprint density at radius 2 is 2.15 bits per heavy atom. The van der Waals surface area contributed by atoms with E-state index in [1.165, 1.54) is 24.1 Å². The standard InChI is InChI=1S/C13H13BrFNO4/c1-20-13(19)11-5-10(17)6-16(11)12(18)7-2-8(14)4-9(15)3-7/h2-4,10-11,17H,5-6H2,1H3. The number of likely N-dealkylation sites (tertiary alicyclic amines) is 1. The van der Waals surface area contributed by atoms with Crippen LogP contribution in [0.4, 0.5) is 4.39 Å². The molecule has 2 unspecified atom stereocenters. The molecule has 0 radical (unpaired) electrons. The largest absolute Gasteiger partial charge is 0.467 e. The van der Waals surface area contributed by atoms with Crippen molar-refractivity contribution in [1.29, 1.82) is 0 Å². The molecule has 20 heavy (non-hydrogen) atoms. The summed E-state index contributed by atoms with van der Waals surface area (Å²) in [6.07, 6.45) is -0.672. The maximum Gasteiger partial charge on any atom is 0.328 e. The van der Waals surface area contributed by atoms with E-state index in [0.29, 0.717) is 4.47 Å². The maximum atomic E-state index is 13.3. The van der Waals surface area contributed by atoms with E-state index in [2.05, 4.69) is 20.7 Å². The summed E-state index contributed by atoms with van der Waals surface area (Å²) in [5.74, 6) is -1.67. The molecule has 1 amide bonds. The molecular weight excluding hydrogens is 333 g/mol. The monoisotopic (exact) mass is 345 g/mol. The second kappa shape index (κ2) is 5.88. The summed E-state index contributed by atoms with van der Waals surface area (Å²) in [5.41, 5.74) is 0.111. The fourth-order valence-corrected chi connectivity index (χ4v) is 2.71. The Morgan fingerprint density at radius 1 is 1.45 bits per heavy atom. The molecule has 2 atom stereocenters. The van der Waals surface area contributed by atoms with E-state index in [9.17, 15) is 19.1 Å². The van der Waals surface area contributed by atoms with Crippen LogP contribution in [-0.4, -0.2) is 47.7 Å². The molecule has 1 fully saturated rings. The van der Waals surface area contributed by atoms with Gasteiger partial charge in [0.1, 0.15) is 11.9 Å². The van der Waals surface area contributed by atoms with Gasteiger partial charge in [-0.3, -0.25) is 4.79 Å². The van der Waals surface area contributed by atoms with Crippen LogP contribution in [0.5, 0.6) is 0 Å². The Bertz CT molecular complexity index is 531. The number of ether oxygens (including phenoxy) is 1. The number of hydrogen-bond acceptors (Lipinski definition) is 4. The lowest BCUT2D eigenvalue weighted by Crippen LogP contribution is -2.41. The van der Waals surface area contributed by atoms with Gasteiger partial charge < -0.3 is 14.7 Å². The molecule has 1 saturated heterocycles. The number of amides is 1. The van der Waals surface area contributed by atoms with Crippen molar-refractivity contribution in [2.24, 2.45) is 0 Å². The molecule has 1 aromatic carbocycles. The van der Waals surface area contributed by atoms with Crippen LogP contribution in [-0.2, 0) is 9.53 Å². The fraction of sp³-hybridized carbons (Fsp3) is 0.385. The third kappa shape index (κ3) is 2.99. The Morgan fingerprint density at radius 3 is 2.75 bits per heavy atom. The van der Waals surface area contributed by atoms with Crippen LogP contribution in [0.25, 0.3) is 0 Å². The average Bonchev–Trinajstić information content (AvgIpc) is 2.78. The summed E-state index contributed by atoms with van der Waals surface area (Å²) in [7, 11) is 1.22. The van der Waals surface area contributed by atoms with E-state index in [1.807, 2.05) is 0 Å². The third-order valence-electron chi connectivity index (χ3n) is 3.12. The first-order valence-electron chi connectivity index (χ1n) is 5.95. The predicted molar refractivity (Wildman–Crippen MR) is 71.6 cm³/mol. The number of carbonyl (C=O) groups excluding carboxylic acids is 2. The highest BCUT2D eigenvalue weighted by Crippen LogP contribution is 2.23. The normalized spacial score (nSPS) is 21.9. The number of rotatable bonds is 2. The first-order valence-corrected chi connectivity index (χ1v) is 6.74. The molecule has 1 aliphatic rings. The van der Waals surface area contributed by atoms with Gasteiger partial charge in [-0.05, 0) is 18.2 Å². The van der Waals surface area contributed by atoms with E-state index < -0.39 is 29.8 Å². The molecule has 1 N–H and O–H groups in total. The van der Waals surface area contributed by atoms with E-state index in [0.717, 1.165) is 6.07 Å². The molecular formula is C13H13BrFNO4. The third-order valence-corrected chi connectivity index (χ3v) is 3.58. The molecule has 0 saturated carbocycles. The number of methoxy groups -OCH3 is 1. The van der Waals surface area contributed by atoms with Crippen LogP contribution in [0.2, 0.25) is 0 Å². The van der Waals surface area contributed by atoms with Gasteiger partial charge in [0.2, 0.25) is 0 Å². The Labute approximate surface area is 123 Å². The molecule has 7 heteroatoms. The summed E-state index contributed by atoms with van der Waals surface area (Å²) in [5, 5.41) is 9.63. The number of aliphatic hydroxyl groups is 1. The Hall–Kier alpha value is -1.47. The van der Waals surface area contributed by atoms with Crippen LogP contribution in [0.1, 0.15) is 16.8 Å². The van der Waals surface area contributed by atoms with Crippen LogP contribution in [0.15, 0.2) is 22.7 Å². The zero-order chi connectivity index (χ0) is 14.9. The number of esters is 1. The van der Waals surface area contributed by atoms with Crippen LogP contribution < -0.4 is 0 Å². The number of nitrogens with zero attached hydrogens (tertiary/aromatic N) is 1. The van der Waals surface area contributed by atoms with Crippen molar-refractivity contribution in [3.63, 3.8) is 0 Å². The van der Waals surface area contributed by atoms with Crippen molar-refractivity contribution >= 4 is 27.8 Å². The van der Waals surface area contributed by atoms with Gasteiger partial charge in [-0.1, -0.05) is 15.9 Å². The van der Waals surface area contributed by atoms with Gasteiger partial charge in [0.15, 0.2) is 0 Å². The van der Waals surface area contributed by atoms with Crippen molar-refractivity contribution in [1.82, 2.24) is 4.90 Å². The topological polar surface area (TPSA) is 66.8 Å². The van der Waals surface area contributed by atoms with Crippen LogP contribution >= 0.6 is 15.9 Å². The maximum absolute atomic E-state index is 13.3. The summed E-state index contributed by atoms with van der Waals surface area (Å²) in [4.78, 5) is 25.2. The highest BCUT2D eigenvalue weighted by Gasteiger charge is 2.40. The highest BCUT2D eigenvalue weighted by atomic mass is 79.9. The SMILES string of the molecule is COC(=O)C1CC(O)CN1C(=O)c1cc(F)cc(Br)c1. The number of halogens is 2. The van der Waals surface area contributed by atoms with Crippen molar-refractivity contribution in [2.45, 2.75) is 18.6 Å². The molecule has 0 aliphatic carbocycles. The van der Waals surface area contributed by atoms with Gasteiger partial charge in [0.05, 0.1) is 13.2 Å². The van der Waals surface area contributed by atoms with Gasteiger partial charge in [-0.2, -0.15) is 0 Å². The zero-order valence-corrected chi connectivity index (χ0v) is 12.3. The van der Waals surface area contributed by atoms with E-state index in [-0.39, 0.29) is 18.5 Å². The van der Waals surface area contributed by atoms with Crippen molar-refractivity contribution in [3.8, 4) is 0 Å². The number of hydrogen-bond donors (Lipinski definition) is 1. The van der Waals surface area contributed by atoms with Gasteiger partial charge in [0, 0.05) is 23.0 Å². The highest BCUT2D eigenvalue weighted by molar-refractivity contribution is 9.10. The van der Waals surface area contributed by atoms with Crippen molar-refractivity contribution in [2.75, 3.05) is 13.7 Å². The lowest BCUT2D eigenvalue weighted by Gasteiger charge is -2.22. The summed E-state index contributed by atoms with van der Waals surface area (Å²) >= 11 is 3.11. The number of β-amino-alcohol motifs (C(OH)–C–C–N with tert-alkyl or cyclic N) is 1. The summed E-state index contributed by atoms with van der Waals surface area (Å²) in [6.45, 7) is 0.0206. The number of benzene rings is 1. The lowest BCUT2D eigenvalue weighted by molar-refractivity contribution is -0.145. The molecule has 1 aromatic rings. The smallest absolute Gasteiger partial charge is 0.328 e. The zero-order valence-electron chi connectivity index (χ0n) is 10.7. The van der Waals surface area contributed by atoms with Crippen molar-refractivity contribution < 1.29 is 23.8 Å². The number of aliphatic hydroxyl groups excluding tert-OH is 1. The Balaban J connectivity index is 2.28. The molecule has 0 bridgehead atoms. The molecule has 1 aliphatic heterocycles. The van der Waals surface area contributed by atoms with Gasteiger partial charge in [-0.15, -0.1) is 0 Å². The Kier molecular flexibility index (Phi) is 4.39. The second-order valence-electron chi connectivity index (χ2n) is 4.54. The minimum Gasteiger partial charge on any atom is -0.467 e. The molecule has 0 spiro atoms. The van der Waals surface area contributed by atoms with Crippen LogP contribution in [0, 0.1) is 5.82 Å². The lowest BCUT2D eigenvalue weighted by atomic mass is 10.1. The first-order chi connectivity index (χ1) is 9.42. The van der Waals surface area contributed by atoms with Gasteiger partial charge >= 0.3 is 5.97 Å². The van der Waals surface area contributed by atoms with E-state index in [1.54, 1.807) is 0 Å². The summed E-state index contributed by atoms with van der Waals surface area (Å²) < 4.78 is 18.4. The molecule has 108 valence electrons. The molecule has 0 aromatic heterocycles. The quantitative estimate of drug-likeness (QED) is 0.821. The first kappa shape index (κ1) is 14.9. The van der Waals surface area contributed by atoms with Crippen LogP contribution in [0.3, 0.4) is 0 Å². The van der Waals surface area contributed by atoms with Gasteiger partial charge in [0.25, 0.3) is 5.91 Å². The molecule has 2 rings (SSSR count). The summed E-state index contributed by atoms with van der Waals surface area (Å²) in [6, 6.07) is 2.94. The average molecular weight is 346 g/mol. The number of carbonyl (C=O) groups is 2. The minimum atomic E-state index is -0.843. The molecule has 1 heterocycles. The van der Waals surface area contributed by atoms with E-state index >= 15 is 0 Å². The van der Waals surface area contributed by atoms with Crippen molar-refractivity contribution in [3.05, 3.63) is 34.1 Å². The fourth-order valence-electron chi connectivity index (χ4n) is 2.24. The second-order valence-corrected chi connectivity index (χ2v) is 5.46. The molecule has 5 nitrogen and oxygen atoms in total. The van der Waals surface area contributed by atoms with Gasteiger partial charge in [-0.25, -0.2) is 9.18 Å². The van der Waals surface area contributed by atoms with E-state index in [4.69, 9.17) is 0 Å².